The molecule has 0 heterocycles. The highest BCUT2D eigenvalue weighted by Gasteiger charge is 2.39. The molecule has 0 spiro atoms. The Morgan fingerprint density at radius 3 is 1.86 bits per heavy atom. The summed E-state index contributed by atoms with van der Waals surface area (Å²) >= 11 is 0. The van der Waals surface area contributed by atoms with Gasteiger partial charge >= 0.3 is 0 Å². The van der Waals surface area contributed by atoms with Crippen molar-refractivity contribution in [3.63, 3.8) is 0 Å². The van der Waals surface area contributed by atoms with Gasteiger partial charge in [-0.15, -0.1) is 0 Å². The summed E-state index contributed by atoms with van der Waals surface area (Å²) in [5, 5.41) is 0.261. The van der Waals surface area contributed by atoms with Gasteiger partial charge in [-0.05, 0) is 31.1 Å². The zero-order valence-electron chi connectivity index (χ0n) is 10.9. The van der Waals surface area contributed by atoms with Gasteiger partial charge in [0.25, 0.3) is 8.32 Å². The molecule has 0 fully saturated rings. The lowest BCUT2D eigenvalue weighted by atomic mass is 10.2. The van der Waals surface area contributed by atoms with Crippen LogP contribution in [0.5, 0.6) is 0 Å². The van der Waals surface area contributed by atoms with Crippen LogP contribution in [0.25, 0.3) is 0 Å². The molecular formula is C11H25NOSi. The second-order valence-corrected chi connectivity index (χ2v) is 10.1. The molecule has 84 valence electrons. The summed E-state index contributed by atoms with van der Waals surface area (Å²) in [6.45, 7) is 13.3. The first-order valence-corrected chi connectivity index (χ1v) is 8.05. The van der Waals surface area contributed by atoms with Gasteiger partial charge in [-0.2, -0.15) is 0 Å². The first kappa shape index (κ1) is 13.6. The van der Waals surface area contributed by atoms with E-state index in [2.05, 4.69) is 33.9 Å². The van der Waals surface area contributed by atoms with Crippen LogP contribution in [0.15, 0.2) is 12.0 Å². The van der Waals surface area contributed by atoms with Crippen molar-refractivity contribution in [1.29, 1.82) is 0 Å². The maximum absolute atomic E-state index is 6.14. The fourth-order valence-corrected chi connectivity index (χ4v) is 1.95. The van der Waals surface area contributed by atoms with E-state index in [9.17, 15) is 0 Å². The average molecular weight is 215 g/mol. The molecule has 0 saturated heterocycles. The first-order chi connectivity index (χ1) is 6.12. The molecule has 0 aliphatic heterocycles. The molecular weight excluding hydrogens is 190 g/mol. The van der Waals surface area contributed by atoms with Gasteiger partial charge in [0, 0.05) is 14.1 Å². The lowest BCUT2D eigenvalue weighted by molar-refractivity contribution is 0.261. The normalized spacial score (nSPS) is 14.1. The first-order valence-electron chi connectivity index (χ1n) is 5.14. The number of allylic oxidation sites excluding steroid dienone is 1. The maximum Gasteiger partial charge on any atom is 0.252 e. The van der Waals surface area contributed by atoms with Crippen molar-refractivity contribution in [3.8, 4) is 0 Å². The molecule has 3 heteroatoms. The predicted octanol–water partition coefficient (Wildman–Crippen LogP) is 3.43. The summed E-state index contributed by atoms with van der Waals surface area (Å²) in [4.78, 5) is 2.03. The van der Waals surface area contributed by atoms with Gasteiger partial charge in [0.15, 0.2) is 5.88 Å². The van der Waals surface area contributed by atoms with Crippen molar-refractivity contribution in [2.75, 3.05) is 14.1 Å². The van der Waals surface area contributed by atoms with Crippen LogP contribution in [0, 0.1) is 0 Å². The number of nitrogens with zero attached hydrogens (tertiary/aromatic N) is 1. The van der Waals surface area contributed by atoms with E-state index in [4.69, 9.17) is 4.43 Å². The molecule has 0 atom stereocenters. The molecule has 0 bridgehead atoms. The lowest BCUT2D eigenvalue weighted by Crippen LogP contribution is -2.42. The molecule has 0 radical (unpaired) electrons. The Labute approximate surface area is 90.1 Å². The zero-order valence-corrected chi connectivity index (χ0v) is 11.9. The van der Waals surface area contributed by atoms with Gasteiger partial charge in [0.2, 0.25) is 0 Å². The second-order valence-electron chi connectivity index (χ2n) is 5.38. The summed E-state index contributed by atoms with van der Waals surface area (Å²) in [7, 11) is 2.37. The number of rotatable bonds is 3. The van der Waals surface area contributed by atoms with Gasteiger partial charge in [-0.1, -0.05) is 20.8 Å². The van der Waals surface area contributed by atoms with Crippen molar-refractivity contribution in [2.24, 2.45) is 0 Å². The predicted molar refractivity (Wildman–Crippen MR) is 65.7 cm³/mol. The van der Waals surface area contributed by atoms with Gasteiger partial charge < -0.3 is 9.33 Å². The minimum absolute atomic E-state index is 0.261. The van der Waals surface area contributed by atoms with Crippen LogP contribution in [-0.2, 0) is 4.43 Å². The van der Waals surface area contributed by atoms with Crippen molar-refractivity contribution >= 4 is 8.32 Å². The molecule has 0 aromatic carbocycles. The Bertz CT molecular complexity index is 214. The van der Waals surface area contributed by atoms with E-state index in [1.807, 2.05) is 32.0 Å². The minimum Gasteiger partial charge on any atom is -0.532 e. The fraction of sp³-hybridized carbons (Fsp3) is 0.818. The van der Waals surface area contributed by atoms with Crippen molar-refractivity contribution in [2.45, 2.75) is 45.8 Å². The van der Waals surface area contributed by atoms with E-state index in [1.54, 1.807) is 0 Å². The summed E-state index contributed by atoms with van der Waals surface area (Å²) in [6, 6.07) is 0. The number of hydrogen-bond donors (Lipinski definition) is 0. The molecule has 0 saturated carbocycles. The Balaban J connectivity index is 4.66. The average Bonchev–Trinajstić information content (AvgIpc) is 1.97. The molecule has 0 rings (SSSR count). The molecule has 14 heavy (non-hydrogen) atoms. The van der Waals surface area contributed by atoms with Crippen molar-refractivity contribution in [1.82, 2.24) is 4.90 Å². The molecule has 0 N–H and O–H groups in total. The molecule has 0 aromatic rings. The van der Waals surface area contributed by atoms with E-state index >= 15 is 0 Å². The quantitative estimate of drug-likeness (QED) is 0.528. The summed E-state index contributed by atoms with van der Waals surface area (Å²) in [5.41, 5.74) is 0. The molecule has 0 unspecified atom stereocenters. The zero-order chi connectivity index (χ0) is 11.6. The van der Waals surface area contributed by atoms with Crippen LogP contribution < -0.4 is 0 Å². The van der Waals surface area contributed by atoms with Gasteiger partial charge in [0.05, 0.1) is 0 Å². The third kappa shape index (κ3) is 3.37. The molecule has 0 aromatic heterocycles. The molecule has 2 nitrogen and oxygen atoms in total. The fourth-order valence-electron chi connectivity index (χ4n) is 0.823. The number of hydrogen-bond acceptors (Lipinski definition) is 2. The van der Waals surface area contributed by atoms with Gasteiger partial charge in [-0.25, -0.2) is 0 Å². The van der Waals surface area contributed by atoms with Crippen LogP contribution in [0.1, 0.15) is 27.7 Å². The Morgan fingerprint density at radius 2 is 1.64 bits per heavy atom. The van der Waals surface area contributed by atoms with Crippen LogP contribution >= 0.6 is 0 Å². The summed E-state index contributed by atoms with van der Waals surface area (Å²) in [5.74, 6) is 0.983. The Hall–Kier alpha value is -0.443. The van der Waals surface area contributed by atoms with Gasteiger partial charge in [0.1, 0.15) is 0 Å². The van der Waals surface area contributed by atoms with Crippen LogP contribution in [0.3, 0.4) is 0 Å². The third-order valence-electron chi connectivity index (χ3n) is 2.85. The summed E-state index contributed by atoms with van der Waals surface area (Å²) in [6.07, 6.45) is 2.03. The SMILES string of the molecule is C/C=C(/O[Si](C)(C)C(C)(C)C)N(C)C. The van der Waals surface area contributed by atoms with Gasteiger partial charge in [-0.3, -0.25) is 0 Å². The van der Waals surface area contributed by atoms with E-state index in [0.717, 1.165) is 5.88 Å². The van der Waals surface area contributed by atoms with E-state index in [1.165, 1.54) is 0 Å². The lowest BCUT2D eigenvalue weighted by Gasteiger charge is -2.38. The van der Waals surface area contributed by atoms with Crippen LogP contribution in [0.4, 0.5) is 0 Å². The highest BCUT2D eigenvalue weighted by molar-refractivity contribution is 6.74. The van der Waals surface area contributed by atoms with E-state index in [-0.39, 0.29) is 5.04 Å². The Morgan fingerprint density at radius 1 is 1.21 bits per heavy atom. The Kier molecular flexibility index (Phi) is 4.25. The minimum atomic E-state index is -1.66. The molecule has 0 amide bonds. The highest BCUT2D eigenvalue weighted by Crippen LogP contribution is 2.37. The highest BCUT2D eigenvalue weighted by atomic mass is 28.4. The van der Waals surface area contributed by atoms with E-state index < -0.39 is 8.32 Å². The standard InChI is InChI=1S/C11H25NOSi/c1-9-10(12(5)6)13-14(7,8)11(2,3)4/h9H,1-8H3/b10-9+. The largest absolute Gasteiger partial charge is 0.532 e. The van der Waals surface area contributed by atoms with E-state index in [0.29, 0.717) is 0 Å². The van der Waals surface area contributed by atoms with Crippen molar-refractivity contribution in [3.05, 3.63) is 12.0 Å². The van der Waals surface area contributed by atoms with Crippen molar-refractivity contribution < 1.29 is 4.43 Å². The monoisotopic (exact) mass is 215 g/mol. The third-order valence-corrected chi connectivity index (χ3v) is 7.19. The maximum atomic E-state index is 6.14. The van der Waals surface area contributed by atoms with Crippen LogP contribution in [-0.4, -0.2) is 27.3 Å². The topological polar surface area (TPSA) is 12.5 Å². The molecule has 0 aliphatic rings. The smallest absolute Gasteiger partial charge is 0.252 e. The summed E-state index contributed by atoms with van der Waals surface area (Å²) < 4.78 is 6.14. The molecule has 0 aliphatic carbocycles. The van der Waals surface area contributed by atoms with Crippen LogP contribution in [0.2, 0.25) is 18.1 Å². The second kappa shape index (κ2) is 4.38.